The maximum Gasteiger partial charge on any atom is 0.264 e. The van der Waals surface area contributed by atoms with Gasteiger partial charge in [0.05, 0.1) is 5.71 Å². The molecule has 0 aromatic heterocycles. The largest absolute Gasteiger partial charge is 0.382 e. The first-order valence-electron chi connectivity index (χ1n) is 6.88. The van der Waals surface area contributed by atoms with Crippen LogP contribution in [0.4, 0.5) is 4.39 Å². The second-order valence-electron chi connectivity index (χ2n) is 5.31. The lowest BCUT2D eigenvalue weighted by Crippen LogP contribution is -2.47. The van der Waals surface area contributed by atoms with Gasteiger partial charge >= 0.3 is 0 Å². The Labute approximate surface area is 127 Å². The average Bonchev–Trinajstić information content (AvgIpc) is 2.96. The van der Waals surface area contributed by atoms with Gasteiger partial charge in [-0.05, 0) is 19.1 Å². The van der Waals surface area contributed by atoms with Gasteiger partial charge in [0, 0.05) is 26.1 Å². The summed E-state index contributed by atoms with van der Waals surface area (Å²) in [5.74, 6) is -1.01. The van der Waals surface area contributed by atoms with E-state index < -0.39 is 18.1 Å². The van der Waals surface area contributed by atoms with Crippen LogP contribution in [0.5, 0.6) is 0 Å². The summed E-state index contributed by atoms with van der Waals surface area (Å²) in [7, 11) is 3.23. The first kappa shape index (κ1) is 15.9. The lowest BCUT2D eigenvalue weighted by atomic mass is 10.0. The minimum Gasteiger partial charge on any atom is -0.382 e. The monoisotopic (exact) mass is 307 g/mol. The number of hydrogen-bond donors (Lipinski definition) is 1. The Morgan fingerprint density at radius 3 is 2.82 bits per heavy atom. The Morgan fingerprint density at radius 1 is 1.45 bits per heavy atom. The summed E-state index contributed by atoms with van der Waals surface area (Å²) in [4.78, 5) is 30.3. The van der Waals surface area contributed by atoms with Gasteiger partial charge in [-0.1, -0.05) is 17.3 Å². The highest BCUT2D eigenvalue weighted by Gasteiger charge is 2.31. The SMILES string of the molecule is CC(NC(=O)C1CC(c2cccc(F)c2)=NO1)C(=O)N(C)C. The molecule has 6 nitrogen and oxygen atoms in total. The summed E-state index contributed by atoms with van der Waals surface area (Å²) < 4.78 is 13.2. The van der Waals surface area contributed by atoms with Crippen LogP contribution < -0.4 is 5.32 Å². The zero-order valence-electron chi connectivity index (χ0n) is 12.7. The quantitative estimate of drug-likeness (QED) is 0.899. The number of rotatable bonds is 4. The van der Waals surface area contributed by atoms with Crippen LogP contribution in [-0.2, 0) is 14.4 Å². The molecule has 2 unspecified atom stereocenters. The van der Waals surface area contributed by atoms with Crippen molar-refractivity contribution in [2.24, 2.45) is 5.16 Å². The first-order valence-corrected chi connectivity index (χ1v) is 6.88. The summed E-state index contributed by atoms with van der Waals surface area (Å²) in [6, 6.07) is 5.28. The number of halogens is 1. The molecule has 118 valence electrons. The fraction of sp³-hybridized carbons (Fsp3) is 0.400. The molecule has 1 heterocycles. The van der Waals surface area contributed by atoms with Gasteiger partial charge in [-0.2, -0.15) is 0 Å². The maximum absolute atomic E-state index is 13.2. The molecule has 0 spiro atoms. The molecule has 1 aliphatic heterocycles. The summed E-state index contributed by atoms with van der Waals surface area (Å²) >= 11 is 0. The molecular formula is C15H18FN3O3. The molecule has 2 atom stereocenters. The van der Waals surface area contributed by atoms with E-state index in [1.165, 1.54) is 17.0 Å². The molecule has 1 aliphatic rings. The predicted molar refractivity (Wildman–Crippen MR) is 78.7 cm³/mol. The fourth-order valence-electron chi connectivity index (χ4n) is 2.11. The molecule has 7 heteroatoms. The molecule has 0 saturated carbocycles. The average molecular weight is 307 g/mol. The smallest absolute Gasteiger partial charge is 0.264 e. The highest BCUT2D eigenvalue weighted by molar-refractivity contribution is 6.04. The Hall–Kier alpha value is -2.44. The van der Waals surface area contributed by atoms with Crippen LogP contribution in [0.3, 0.4) is 0 Å². The van der Waals surface area contributed by atoms with Gasteiger partial charge in [-0.25, -0.2) is 4.39 Å². The lowest BCUT2D eigenvalue weighted by molar-refractivity contribution is -0.137. The van der Waals surface area contributed by atoms with E-state index in [0.717, 1.165) is 0 Å². The van der Waals surface area contributed by atoms with E-state index in [9.17, 15) is 14.0 Å². The predicted octanol–water partition coefficient (Wildman–Crippen LogP) is 0.912. The van der Waals surface area contributed by atoms with Crippen molar-refractivity contribution in [1.29, 1.82) is 0 Å². The van der Waals surface area contributed by atoms with E-state index in [2.05, 4.69) is 10.5 Å². The molecule has 2 rings (SSSR count). The van der Waals surface area contributed by atoms with Gasteiger partial charge in [-0.3, -0.25) is 9.59 Å². The van der Waals surface area contributed by atoms with Crippen LogP contribution in [0, 0.1) is 5.82 Å². The molecule has 0 aliphatic carbocycles. The molecule has 2 amide bonds. The molecule has 0 fully saturated rings. The van der Waals surface area contributed by atoms with E-state index >= 15 is 0 Å². The van der Waals surface area contributed by atoms with Crippen molar-refractivity contribution >= 4 is 17.5 Å². The zero-order chi connectivity index (χ0) is 16.3. The van der Waals surface area contributed by atoms with Crippen LogP contribution in [0.15, 0.2) is 29.4 Å². The van der Waals surface area contributed by atoms with Crippen LogP contribution in [0.2, 0.25) is 0 Å². The first-order chi connectivity index (χ1) is 10.4. The van der Waals surface area contributed by atoms with Crippen molar-refractivity contribution in [2.45, 2.75) is 25.5 Å². The molecule has 1 aromatic rings. The van der Waals surface area contributed by atoms with Crippen LogP contribution in [-0.4, -0.2) is 48.7 Å². The number of hydrogen-bond acceptors (Lipinski definition) is 4. The number of likely N-dealkylation sites (N-methyl/N-ethyl adjacent to an activating group) is 1. The number of oxime groups is 1. The van der Waals surface area contributed by atoms with E-state index in [1.807, 2.05) is 0 Å². The fourth-order valence-corrected chi connectivity index (χ4v) is 2.11. The standard InChI is InChI=1S/C15H18FN3O3/c1-9(15(21)19(2)3)17-14(20)13-8-12(18-22-13)10-5-4-6-11(16)7-10/h4-7,9,13H,8H2,1-3H3,(H,17,20). The molecule has 1 aromatic carbocycles. The number of nitrogens with zero attached hydrogens (tertiary/aromatic N) is 2. The highest BCUT2D eigenvalue weighted by Crippen LogP contribution is 2.17. The Kier molecular flexibility index (Phi) is 4.75. The zero-order valence-corrected chi connectivity index (χ0v) is 12.7. The Morgan fingerprint density at radius 2 is 2.18 bits per heavy atom. The molecule has 1 N–H and O–H groups in total. The van der Waals surface area contributed by atoms with Gasteiger partial charge < -0.3 is 15.1 Å². The summed E-state index contributed by atoms with van der Waals surface area (Å²) in [6.07, 6.45) is -0.575. The molecule has 0 saturated heterocycles. The minimum absolute atomic E-state index is 0.211. The third-order valence-corrected chi connectivity index (χ3v) is 3.29. The molecule has 22 heavy (non-hydrogen) atoms. The van der Waals surface area contributed by atoms with Crippen molar-refractivity contribution in [1.82, 2.24) is 10.2 Å². The third kappa shape index (κ3) is 3.60. The number of amides is 2. The van der Waals surface area contributed by atoms with Crippen LogP contribution >= 0.6 is 0 Å². The van der Waals surface area contributed by atoms with Gasteiger partial charge in [0.15, 0.2) is 0 Å². The summed E-state index contributed by atoms with van der Waals surface area (Å²) in [5.41, 5.74) is 1.08. The van der Waals surface area contributed by atoms with Crippen molar-refractivity contribution in [3.63, 3.8) is 0 Å². The normalized spacial score (nSPS) is 18.2. The Balaban J connectivity index is 1.94. The second kappa shape index (κ2) is 6.55. The van der Waals surface area contributed by atoms with Gasteiger partial charge in [0.1, 0.15) is 11.9 Å². The van der Waals surface area contributed by atoms with E-state index in [0.29, 0.717) is 11.3 Å². The number of benzene rings is 1. The highest BCUT2D eigenvalue weighted by atomic mass is 19.1. The van der Waals surface area contributed by atoms with E-state index in [4.69, 9.17) is 4.84 Å². The van der Waals surface area contributed by atoms with Gasteiger partial charge in [0.25, 0.3) is 5.91 Å². The van der Waals surface area contributed by atoms with Crippen molar-refractivity contribution < 1.29 is 18.8 Å². The maximum atomic E-state index is 13.2. The van der Waals surface area contributed by atoms with Gasteiger partial charge in [-0.15, -0.1) is 0 Å². The molecular weight excluding hydrogens is 289 g/mol. The number of carbonyl (C=O) groups excluding carboxylic acids is 2. The summed E-state index contributed by atoms with van der Waals surface area (Å²) in [5, 5.41) is 6.41. The van der Waals surface area contributed by atoms with Crippen molar-refractivity contribution in [3.05, 3.63) is 35.6 Å². The minimum atomic E-state index is -0.810. The van der Waals surface area contributed by atoms with Crippen LogP contribution in [0.1, 0.15) is 18.9 Å². The third-order valence-electron chi connectivity index (χ3n) is 3.29. The second-order valence-corrected chi connectivity index (χ2v) is 5.31. The Bertz CT molecular complexity index is 616. The van der Waals surface area contributed by atoms with Crippen molar-refractivity contribution in [3.8, 4) is 0 Å². The summed E-state index contributed by atoms with van der Waals surface area (Å²) in [6.45, 7) is 1.60. The molecule has 0 radical (unpaired) electrons. The number of carbonyl (C=O) groups is 2. The number of nitrogens with one attached hydrogen (secondary N) is 1. The molecule has 0 bridgehead atoms. The van der Waals surface area contributed by atoms with Crippen LogP contribution in [0.25, 0.3) is 0 Å². The van der Waals surface area contributed by atoms with Crippen molar-refractivity contribution in [2.75, 3.05) is 14.1 Å². The lowest BCUT2D eigenvalue weighted by Gasteiger charge is -2.19. The van der Waals surface area contributed by atoms with Gasteiger partial charge in [0.2, 0.25) is 12.0 Å². The topological polar surface area (TPSA) is 71.0 Å². The van der Waals surface area contributed by atoms with E-state index in [-0.39, 0.29) is 18.1 Å². The van der Waals surface area contributed by atoms with E-state index in [1.54, 1.807) is 33.2 Å².